The number of ether oxygens (including phenoxy) is 1. The first-order valence-electron chi connectivity index (χ1n) is 10.9. The lowest BCUT2D eigenvalue weighted by Gasteiger charge is -2.31. The topological polar surface area (TPSA) is 58.6 Å². The SMILES string of the molecule is CC[C@H](C(=O)NC1CCCC1)N(Cc1ccc(OC)cc1)C(=O)Cc1ccccc1. The van der Waals surface area contributed by atoms with Crippen molar-refractivity contribution in [1.29, 1.82) is 0 Å². The Morgan fingerprint density at radius 2 is 1.70 bits per heavy atom. The summed E-state index contributed by atoms with van der Waals surface area (Å²) in [7, 11) is 1.63. The first-order chi connectivity index (χ1) is 14.6. The molecule has 1 N–H and O–H groups in total. The zero-order valence-electron chi connectivity index (χ0n) is 18.0. The van der Waals surface area contributed by atoms with Crippen molar-refractivity contribution in [3.8, 4) is 5.75 Å². The van der Waals surface area contributed by atoms with E-state index in [0.29, 0.717) is 13.0 Å². The smallest absolute Gasteiger partial charge is 0.243 e. The van der Waals surface area contributed by atoms with Gasteiger partial charge in [-0.2, -0.15) is 0 Å². The molecule has 1 aliphatic carbocycles. The number of amides is 2. The molecule has 3 rings (SSSR count). The molecule has 5 heteroatoms. The largest absolute Gasteiger partial charge is 0.497 e. The summed E-state index contributed by atoms with van der Waals surface area (Å²) in [4.78, 5) is 28.1. The van der Waals surface area contributed by atoms with Crippen LogP contribution in [-0.2, 0) is 22.6 Å². The Labute approximate surface area is 179 Å². The van der Waals surface area contributed by atoms with Crippen LogP contribution in [0.5, 0.6) is 5.75 Å². The molecule has 0 radical (unpaired) electrons. The molecule has 160 valence electrons. The van der Waals surface area contributed by atoms with E-state index < -0.39 is 6.04 Å². The van der Waals surface area contributed by atoms with Crippen molar-refractivity contribution < 1.29 is 14.3 Å². The van der Waals surface area contributed by atoms with E-state index in [9.17, 15) is 9.59 Å². The standard InChI is InChI=1S/C25H32N2O3/c1-3-23(25(29)26-21-11-7-8-12-21)27(18-20-13-15-22(30-2)16-14-20)24(28)17-19-9-5-4-6-10-19/h4-6,9-10,13-16,21,23H,3,7-8,11-12,17-18H2,1-2H3,(H,26,29)/t23-/m1/s1. The maximum Gasteiger partial charge on any atom is 0.243 e. The van der Waals surface area contributed by atoms with Gasteiger partial charge in [0.15, 0.2) is 0 Å². The molecule has 5 nitrogen and oxygen atoms in total. The van der Waals surface area contributed by atoms with Crippen LogP contribution >= 0.6 is 0 Å². The van der Waals surface area contributed by atoms with Gasteiger partial charge >= 0.3 is 0 Å². The second-order valence-electron chi connectivity index (χ2n) is 7.95. The number of nitrogens with zero attached hydrogens (tertiary/aromatic N) is 1. The molecule has 30 heavy (non-hydrogen) atoms. The Bertz CT molecular complexity index is 814. The normalized spacial score (nSPS) is 14.9. The molecule has 2 amide bonds. The average molecular weight is 409 g/mol. The van der Waals surface area contributed by atoms with Gasteiger partial charge in [-0.15, -0.1) is 0 Å². The van der Waals surface area contributed by atoms with Gasteiger partial charge in [0.25, 0.3) is 0 Å². The summed E-state index contributed by atoms with van der Waals surface area (Å²) in [5.41, 5.74) is 1.93. The van der Waals surface area contributed by atoms with Gasteiger partial charge < -0.3 is 15.0 Å². The summed E-state index contributed by atoms with van der Waals surface area (Å²) in [6.45, 7) is 2.36. The van der Waals surface area contributed by atoms with Crippen LogP contribution in [0, 0.1) is 0 Å². The second kappa shape index (κ2) is 10.8. The highest BCUT2D eigenvalue weighted by Gasteiger charge is 2.30. The number of hydrogen-bond acceptors (Lipinski definition) is 3. The van der Waals surface area contributed by atoms with Crippen molar-refractivity contribution >= 4 is 11.8 Å². The number of rotatable bonds is 9. The van der Waals surface area contributed by atoms with Gasteiger partial charge in [0.2, 0.25) is 11.8 Å². The predicted octanol–water partition coefficient (Wildman–Crippen LogP) is 4.10. The van der Waals surface area contributed by atoms with Crippen molar-refractivity contribution in [2.75, 3.05) is 7.11 Å². The minimum absolute atomic E-state index is 0.0366. The van der Waals surface area contributed by atoms with E-state index in [0.717, 1.165) is 42.6 Å². The maximum atomic E-state index is 13.3. The van der Waals surface area contributed by atoms with Crippen LogP contribution in [0.1, 0.15) is 50.2 Å². The van der Waals surface area contributed by atoms with Gasteiger partial charge in [-0.25, -0.2) is 0 Å². The molecule has 1 saturated carbocycles. The van der Waals surface area contributed by atoms with Gasteiger partial charge in [-0.3, -0.25) is 9.59 Å². The Morgan fingerprint density at radius 3 is 2.30 bits per heavy atom. The minimum Gasteiger partial charge on any atom is -0.497 e. The van der Waals surface area contributed by atoms with Crippen molar-refractivity contribution in [3.05, 3.63) is 65.7 Å². The van der Waals surface area contributed by atoms with E-state index in [4.69, 9.17) is 4.74 Å². The van der Waals surface area contributed by atoms with Gasteiger partial charge in [-0.05, 0) is 42.5 Å². The Morgan fingerprint density at radius 1 is 1.03 bits per heavy atom. The average Bonchev–Trinajstić information content (AvgIpc) is 3.27. The first kappa shape index (κ1) is 21.9. The summed E-state index contributed by atoms with van der Waals surface area (Å²) in [5, 5.41) is 3.18. The number of hydrogen-bond donors (Lipinski definition) is 1. The molecular formula is C25H32N2O3. The van der Waals surface area contributed by atoms with E-state index in [2.05, 4.69) is 5.32 Å². The Kier molecular flexibility index (Phi) is 7.89. The summed E-state index contributed by atoms with van der Waals surface area (Å²) in [6, 6.07) is 17.1. The Balaban J connectivity index is 1.79. The first-order valence-corrected chi connectivity index (χ1v) is 10.9. The molecule has 2 aromatic carbocycles. The monoisotopic (exact) mass is 408 g/mol. The lowest BCUT2D eigenvalue weighted by Crippen LogP contribution is -2.51. The van der Waals surface area contributed by atoms with Gasteiger partial charge in [0.05, 0.1) is 13.5 Å². The number of carbonyl (C=O) groups is 2. The minimum atomic E-state index is -0.482. The van der Waals surface area contributed by atoms with Gasteiger partial charge in [0.1, 0.15) is 11.8 Å². The molecule has 0 spiro atoms. The van der Waals surface area contributed by atoms with Gasteiger partial charge in [0, 0.05) is 12.6 Å². The van der Waals surface area contributed by atoms with E-state index in [-0.39, 0.29) is 24.3 Å². The predicted molar refractivity (Wildman–Crippen MR) is 118 cm³/mol. The van der Waals surface area contributed by atoms with E-state index >= 15 is 0 Å². The van der Waals surface area contributed by atoms with E-state index in [1.165, 1.54) is 0 Å². The fourth-order valence-corrected chi connectivity index (χ4v) is 4.09. The number of nitrogens with one attached hydrogen (secondary N) is 1. The fourth-order valence-electron chi connectivity index (χ4n) is 4.09. The van der Waals surface area contributed by atoms with Crippen LogP contribution in [0.15, 0.2) is 54.6 Å². The lowest BCUT2D eigenvalue weighted by atomic mass is 10.1. The molecule has 0 saturated heterocycles. The van der Waals surface area contributed by atoms with Crippen molar-refractivity contribution in [2.24, 2.45) is 0 Å². The second-order valence-corrected chi connectivity index (χ2v) is 7.95. The number of benzene rings is 2. The Hall–Kier alpha value is -2.82. The highest BCUT2D eigenvalue weighted by Crippen LogP contribution is 2.20. The zero-order valence-corrected chi connectivity index (χ0v) is 18.0. The third-order valence-corrected chi connectivity index (χ3v) is 5.80. The molecular weight excluding hydrogens is 376 g/mol. The van der Waals surface area contributed by atoms with Crippen molar-refractivity contribution in [2.45, 2.75) is 64.1 Å². The van der Waals surface area contributed by atoms with Crippen molar-refractivity contribution in [3.63, 3.8) is 0 Å². The van der Waals surface area contributed by atoms with Crippen LogP contribution < -0.4 is 10.1 Å². The molecule has 0 aromatic heterocycles. The molecule has 1 atom stereocenters. The maximum absolute atomic E-state index is 13.3. The fraction of sp³-hybridized carbons (Fsp3) is 0.440. The van der Waals surface area contributed by atoms with Crippen LogP contribution in [0.25, 0.3) is 0 Å². The highest BCUT2D eigenvalue weighted by atomic mass is 16.5. The van der Waals surface area contributed by atoms with E-state index in [1.54, 1.807) is 12.0 Å². The molecule has 0 bridgehead atoms. The highest BCUT2D eigenvalue weighted by molar-refractivity contribution is 5.88. The lowest BCUT2D eigenvalue weighted by molar-refractivity contribution is -0.141. The van der Waals surface area contributed by atoms with Crippen molar-refractivity contribution in [1.82, 2.24) is 10.2 Å². The van der Waals surface area contributed by atoms with Crippen LogP contribution in [0.4, 0.5) is 0 Å². The quantitative estimate of drug-likeness (QED) is 0.679. The third kappa shape index (κ3) is 5.85. The summed E-state index contributed by atoms with van der Waals surface area (Å²) in [5.74, 6) is 0.691. The van der Waals surface area contributed by atoms with E-state index in [1.807, 2.05) is 61.5 Å². The molecule has 0 aliphatic heterocycles. The summed E-state index contributed by atoms with van der Waals surface area (Å²) < 4.78 is 5.24. The molecule has 2 aromatic rings. The molecule has 1 aliphatic rings. The third-order valence-electron chi connectivity index (χ3n) is 5.80. The number of methoxy groups -OCH3 is 1. The van der Waals surface area contributed by atoms with Crippen LogP contribution in [-0.4, -0.2) is 35.9 Å². The summed E-state index contributed by atoms with van der Waals surface area (Å²) in [6.07, 6.45) is 5.23. The van der Waals surface area contributed by atoms with Crippen LogP contribution in [0.3, 0.4) is 0 Å². The molecule has 0 heterocycles. The van der Waals surface area contributed by atoms with Crippen LogP contribution in [0.2, 0.25) is 0 Å². The zero-order chi connectivity index (χ0) is 21.3. The molecule has 0 unspecified atom stereocenters. The van der Waals surface area contributed by atoms with Gasteiger partial charge in [-0.1, -0.05) is 62.2 Å². The summed E-state index contributed by atoms with van der Waals surface area (Å²) >= 11 is 0. The number of carbonyl (C=O) groups excluding carboxylic acids is 2. The molecule has 1 fully saturated rings.